The summed E-state index contributed by atoms with van der Waals surface area (Å²) >= 11 is 0. The Balaban J connectivity index is 1.68. The van der Waals surface area contributed by atoms with Gasteiger partial charge in [-0.3, -0.25) is 28.8 Å². The van der Waals surface area contributed by atoms with E-state index in [0.717, 1.165) is 11.1 Å². The van der Waals surface area contributed by atoms with E-state index in [1.54, 1.807) is 30.3 Å². The highest BCUT2D eigenvalue weighted by atomic mass is 16.2. The van der Waals surface area contributed by atoms with Crippen LogP contribution in [-0.4, -0.2) is 0 Å². The molecule has 0 radical (unpaired) electrons. The summed E-state index contributed by atoms with van der Waals surface area (Å²) in [5, 5.41) is 0.397. The molecule has 0 atom stereocenters. The number of benzene rings is 3. The van der Waals surface area contributed by atoms with E-state index in [1.807, 2.05) is 6.07 Å². The molecule has 0 aliphatic heterocycles. The van der Waals surface area contributed by atoms with Crippen molar-refractivity contribution in [2.24, 2.45) is 0 Å². The van der Waals surface area contributed by atoms with Gasteiger partial charge in [0.05, 0.1) is 0 Å². The largest absolute Gasteiger partial charge is 0.285 e. The standard InChI is InChI=1S/C24H10O6/c25-19-15-6-4-13(9-17(15)21(27)23(19)29)11-2-1-3-12(8-11)14-5-7-16-18(10-14)22(28)24(30)20(16)26/h1-10H. The van der Waals surface area contributed by atoms with Gasteiger partial charge in [-0.25, -0.2) is 0 Å². The SMILES string of the molecule is O=c1c(=O)c2ccc(-c3cccc(-c4ccc5c(=O)c(=O)c(=O)c5c4)c3)cc2c1=O. The van der Waals surface area contributed by atoms with Crippen LogP contribution in [0.1, 0.15) is 0 Å². The lowest BCUT2D eigenvalue weighted by atomic mass is 9.97. The first kappa shape index (κ1) is 17.8. The fraction of sp³-hybridized carbons (Fsp3) is 0. The van der Waals surface area contributed by atoms with Gasteiger partial charge in [0.1, 0.15) is 0 Å². The summed E-state index contributed by atoms with van der Waals surface area (Å²) in [5.41, 5.74) is -2.49. The molecule has 0 aliphatic rings. The molecule has 0 amide bonds. The first-order valence-electron chi connectivity index (χ1n) is 9.02. The maximum atomic E-state index is 12.0. The molecule has 0 aromatic heterocycles. The van der Waals surface area contributed by atoms with Crippen LogP contribution in [0.15, 0.2) is 89.4 Å². The highest BCUT2D eigenvalue weighted by Gasteiger charge is 2.15. The van der Waals surface area contributed by atoms with Crippen molar-refractivity contribution < 1.29 is 0 Å². The van der Waals surface area contributed by atoms with Crippen LogP contribution in [0.5, 0.6) is 0 Å². The van der Waals surface area contributed by atoms with E-state index in [0.29, 0.717) is 11.1 Å². The minimum atomic E-state index is -1.03. The summed E-state index contributed by atoms with van der Waals surface area (Å²) < 4.78 is 0. The maximum absolute atomic E-state index is 12.0. The van der Waals surface area contributed by atoms with E-state index in [4.69, 9.17) is 0 Å². The minimum absolute atomic E-state index is 0.0908. The average molecular weight is 394 g/mol. The van der Waals surface area contributed by atoms with E-state index in [1.165, 1.54) is 24.3 Å². The van der Waals surface area contributed by atoms with Gasteiger partial charge in [-0.05, 0) is 52.6 Å². The van der Waals surface area contributed by atoms with Crippen molar-refractivity contribution in [3.63, 3.8) is 0 Å². The molecule has 0 heterocycles. The summed E-state index contributed by atoms with van der Waals surface area (Å²) in [7, 11) is 0. The van der Waals surface area contributed by atoms with Gasteiger partial charge in [-0.15, -0.1) is 0 Å². The highest BCUT2D eigenvalue weighted by molar-refractivity contribution is 5.90. The Kier molecular flexibility index (Phi) is 3.60. The van der Waals surface area contributed by atoms with Gasteiger partial charge in [-0.1, -0.05) is 30.3 Å². The van der Waals surface area contributed by atoms with Crippen LogP contribution in [0.2, 0.25) is 0 Å². The van der Waals surface area contributed by atoms with Gasteiger partial charge in [-0.2, -0.15) is 0 Å². The molecule has 0 N–H and O–H groups in total. The van der Waals surface area contributed by atoms with Gasteiger partial charge in [0, 0.05) is 21.5 Å². The smallest absolute Gasteiger partial charge is 0.273 e. The third-order valence-corrected chi connectivity index (χ3v) is 5.37. The Morgan fingerprint density at radius 1 is 0.333 bits per heavy atom. The molecule has 6 heteroatoms. The van der Waals surface area contributed by atoms with E-state index >= 15 is 0 Å². The molecule has 0 saturated heterocycles. The molecule has 0 fully saturated rings. The first-order valence-corrected chi connectivity index (χ1v) is 9.02. The first-order chi connectivity index (χ1) is 14.4. The molecular formula is C24H10O6. The zero-order valence-corrected chi connectivity index (χ0v) is 15.2. The third-order valence-electron chi connectivity index (χ3n) is 5.37. The van der Waals surface area contributed by atoms with Gasteiger partial charge in [0.2, 0.25) is 21.7 Å². The van der Waals surface area contributed by atoms with Crippen LogP contribution in [0, 0.1) is 0 Å². The molecule has 6 nitrogen and oxygen atoms in total. The Labute approximate surface area is 166 Å². The van der Waals surface area contributed by atoms with E-state index in [-0.39, 0.29) is 21.5 Å². The normalized spacial score (nSPS) is 11.5. The fourth-order valence-corrected chi connectivity index (χ4v) is 3.79. The predicted molar refractivity (Wildman–Crippen MR) is 115 cm³/mol. The lowest BCUT2D eigenvalue weighted by molar-refractivity contribution is 1.55. The molecule has 0 spiro atoms. The van der Waals surface area contributed by atoms with E-state index in [9.17, 15) is 28.8 Å². The average Bonchev–Trinajstić information content (AvgIpc) is 3.13. The Hall–Kier alpha value is -4.32. The second kappa shape index (κ2) is 6.09. The minimum Gasteiger partial charge on any atom is -0.285 e. The number of fused-ring (bicyclic) bond motifs is 2. The molecular weight excluding hydrogens is 384 g/mol. The van der Waals surface area contributed by atoms with Crippen LogP contribution in [-0.2, 0) is 0 Å². The second-order valence-electron chi connectivity index (χ2n) is 7.08. The van der Waals surface area contributed by atoms with Gasteiger partial charge < -0.3 is 0 Å². The van der Waals surface area contributed by atoms with Crippen molar-refractivity contribution in [1.29, 1.82) is 0 Å². The lowest BCUT2D eigenvalue weighted by Gasteiger charge is -2.07. The predicted octanol–water partition coefficient (Wildman–Crippen LogP) is 1.24. The summed E-state index contributed by atoms with van der Waals surface area (Å²) in [4.78, 5) is 70.9. The molecule has 5 aromatic rings. The second-order valence-corrected chi connectivity index (χ2v) is 7.08. The molecule has 0 bridgehead atoms. The van der Waals surface area contributed by atoms with Crippen LogP contribution in [0.4, 0.5) is 0 Å². The van der Waals surface area contributed by atoms with Crippen molar-refractivity contribution in [2.45, 2.75) is 0 Å². The topological polar surface area (TPSA) is 102 Å². The summed E-state index contributed by atoms with van der Waals surface area (Å²) in [6.07, 6.45) is 0. The summed E-state index contributed by atoms with van der Waals surface area (Å²) in [6, 6.07) is 16.5. The molecule has 142 valence electrons. The molecule has 0 aliphatic carbocycles. The lowest BCUT2D eigenvalue weighted by Crippen LogP contribution is -2.29. The number of hydrogen-bond acceptors (Lipinski definition) is 6. The molecule has 0 unspecified atom stereocenters. The molecule has 5 aromatic carbocycles. The van der Waals surface area contributed by atoms with E-state index in [2.05, 4.69) is 0 Å². The fourth-order valence-electron chi connectivity index (χ4n) is 3.79. The van der Waals surface area contributed by atoms with Crippen LogP contribution in [0.3, 0.4) is 0 Å². The van der Waals surface area contributed by atoms with Crippen molar-refractivity contribution in [1.82, 2.24) is 0 Å². The van der Waals surface area contributed by atoms with E-state index < -0.39 is 32.6 Å². The molecule has 30 heavy (non-hydrogen) atoms. The van der Waals surface area contributed by atoms with Crippen molar-refractivity contribution >= 4 is 21.5 Å². The summed E-state index contributed by atoms with van der Waals surface area (Å²) in [6.45, 7) is 0. The number of hydrogen-bond donors (Lipinski definition) is 0. The zero-order chi connectivity index (χ0) is 21.2. The van der Waals surface area contributed by atoms with Crippen LogP contribution in [0.25, 0.3) is 43.8 Å². The quantitative estimate of drug-likeness (QED) is 0.418. The zero-order valence-electron chi connectivity index (χ0n) is 15.2. The van der Waals surface area contributed by atoms with Crippen molar-refractivity contribution in [2.75, 3.05) is 0 Å². The molecule has 0 saturated carbocycles. The Bertz CT molecular complexity index is 1680. The third kappa shape index (κ3) is 2.37. The van der Waals surface area contributed by atoms with Gasteiger partial charge in [0.25, 0.3) is 10.9 Å². The highest BCUT2D eigenvalue weighted by Crippen LogP contribution is 2.28. The van der Waals surface area contributed by atoms with Crippen LogP contribution >= 0.6 is 0 Å². The van der Waals surface area contributed by atoms with Crippen LogP contribution < -0.4 is 32.6 Å². The Morgan fingerprint density at radius 3 is 1.13 bits per heavy atom. The monoisotopic (exact) mass is 394 g/mol. The number of rotatable bonds is 2. The van der Waals surface area contributed by atoms with Gasteiger partial charge >= 0.3 is 0 Å². The molecule has 5 rings (SSSR count). The van der Waals surface area contributed by atoms with Crippen molar-refractivity contribution in [3.8, 4) is 22.3 Å². The maximum Gasteiger partial charge on any atom is 0.273 e. The summed E-state index contributed by atoms with van der Waals surface area (Å²) in [5.74, 6) is 0. The van der Waals surface area contributed by atoms with Crippen molar-refractivity contribution in [3.05, 3.63) is 122 Å². The van der Waals surface area contributed by atoms with Gasteiger partial charge in [0.15, 0.2) is 0 Å². The Morgan fingerprint density at radius 2 is 0.700 bits per heavy atom.